The number of H-pyrrole nitrogens is 1. The normalized spacial score (nSPS) is 11.8. The predicted molar refractivity (Wildman–Crippen MR) is 72.9 cm³/mol. The molecule has 1 N–H and O–H groups in total. The Bertz CT molecular complexity index is 571. The summed E-state index contributed by atoms with van der Waals surface area (Å²) in [7, 11) is 0. The molecular weight excluding hydrogens is 232 g/mol. The van der Waals surface area contributed by atoms with Crippen LogP contribution < -0.4 is 0 Å². The fraction of sp³-hybridized carbons (Fsp3) is 0.667. The molecule has 2 heterocycles. The van der Waals surface area contributed by atoms with E-state index >= 15 is 0 Å². The quantitative estimate of drug-likeness (QED) is 0.845. The molecule has 0 aromatic carbocycles. The number of nitrogens with zero attached hydrogens (tertiary/aromatic N) is 3. The molecule has 0 bridgehead atoms. The zero-order valence-electron chi connectivity index (χ0n) is 10.9. The zero-order valence-corrected chi connectivity index (χ0v) is 11.8. The monoisotopic (exact) mass is 252 g/mol. The highest BCUT2D eigenvalue weighted by Gasteiger charge is 2.18. The third kappa shape index (κ3) is 1.82. The maximum absolute atomic E-state index is 5.45. The van der Waals surface area contributed by atoms with Crippen molar-refractivity contribution >= 4 is 23.4 Å². The molecule has 0 aliphatic heterocycles. The Morgan fingerprint density at radius 3 is 2.47 bits per heavy atom. The standard InChI is InChI=1S/C12H20N4S/c1-5-9(6-2)16-11-10(13-12(16)17)8(4)14-15(11)7-3/h9H,5-7H2,1-4H3,(H,13,17). The van der Waals surface area contributed by atoms with Gasteiger partial charge in [0.05, 0.1) is 5.69 Å². The number of imidazole rings is 1. The first kappa shape index (κ1) is 12.4. The fourth-order valence-corrected chi connectivity index (χ4v) is 2.77. The summed E-state index contributed by atoms with van der Waals surface area (Å²) in [6, 6.07) is 0.456. The number of rotatable bonds is 4. The first-order valence-corrected chi connectivity index (χ1v) is 6.72. The average Bonchev–Trinajstić information content (AvgIpc) is 2.80. The molecule has 0 atom stereocenters. The summed E-state index contributed by atoms with van der Waals surface area (Å²) in [6.07, 6.45) is 2.18. The number of hydrogen-bond acceptors (Lipinski definition) is 2. The lowest BCUT2D eigenvalue weighted by molar-refractivity contribution is 0.466. The minimum absolute atomic E-state index is 0.456. The SMILES string of the molecule is CCC(CC)n1c(=S)[nH]c2c(C)nn(CC)c21. The van der Waals surface area contributed by atoms with Crippen molar-refractivity contribution in [2.45, 2.75) is 53.1 Å². The van der Waals surface area contributed by atoms with E-state index in [4.69, 9.17) is 12.2 Å². The Balaban J connectivity index is 2.76. The molecule has 0 spiro atoms. The number of aromatic amines is 1. The number of aromatic nitrogens is 4. The fourth-order valence-electron chi connectivity index (χ4n) is 2.44. The van der Waals surface area contributed by atoms with Crippen molar-refractivity contribution in [2.24, 2.45) is 0 Å². The van der Waals surface area contributed by atoms with Gasteiger partial charge in [-0.1, -0.05) is 13.8 Å². The van der Waals surface area contributed by atoms with E-state index in [-0.39, 0.29) is 0 Å². The van der Waals surface area contributed by atoms with Gasteiger partial charge in [-0.05, 0) is 38.9 Å². The molecule has 4 nitrogen and oxygen atoms in total. The van der Waals surface area contributed by atoms with Gasteiger partial charge in [0.25, 0.3) is 0 Å². The van der Waals surface area contributed by atoms with Crippen LogP contribution in [0.3, 0.4) is 0 Å². The molecule has 0 unspecified atom stereocenters. The number of hydrogen-bond donors (Lipinski definition) is 1. The molecule has 0 radical (unpaired) electrons. The first-order chi connectivity index (χ1) is 8.13. The summed E-state index contributed by atoms with van der Waals surface area (Å²) >= 11 is 5.45. The van der Waals surface area contributed by atoms with Gasteiger partial charge < -0.3 is 4.98 Å². The van der Waals surface area contributed by atoms with Crippen molar-refractivity contribution < 1.29 is 0 Å². The van der Waals surface area contributed by atoms with Crippen LogP contribution in [0.25, 0.3) is 11.2 Å². The van der Waals surface area contributed by atoms with E-state index in [1.165, 1.54) is 0 Å². The molecule has 5 heteroatoms. The first-order valence-electron chi connectivity index (χ1n) is 6.31. The summed E-state index contributed by atoms with van der Waals surface area (Å²) in [4.78, 5) is 3.29. The Kier molecular flexibility index (Phi) is 3.38. The second kappa shape index (κ2) is 4.64. The van der Waals surface area contributed by atoms with Crippen molar-refractivity contribution in [2.75, 3.05) is 0 Å². The van der Waals surface area contributed by atoms with Crippen LogP contribution in [0, 0.1) is 11.7 Å². The van der Waals surface area contributed by atoms with E-state index in [0.717, 1.165) is 41.0 Å². The van der Waals surface area contributed by atoms with Crippen LogP contribution in [-0.4, -0.2) is 19.3 Å². The van der Waals surface area contributed by atoms with Crippen LogP contribution in [0.2, 0.25) is 0 Å². The third-order valence-corrected chi connectivity index (χ3v) is 3.69. The molecule has 2 rings (SSSR count). The van der Waals surface area contributed by atoms with Gasteiger partial charge in [0, 0.05) is 12.6 Å². The van der Waals surface area contributed by atoms with E-state index < -0.39 is 0 Å². The van der Waals surface area contributed by atoms with Crippen molar-refractivity contribution in [1.29, 1.82) is 0 Å². The van der Waals surface area contributed by atoms with Crippen LogP contribution in [0.5, 0.6) is 0 Å². The second-order valence-corrected chi connectivity index (χ2v) is 4.76. The highest BCUT2D eigenvalue weighted by Crippen LogP contribution is 2.25. The van der Waals surface area contributed by atoms with Crippen molar-refractivity contribution in [1.82, 2.24) is 19.3 Å². The molecule has 0 aliphatic rings. The van der Waals surface area contributed by atoms with E-state index in [9.17, 15) is 0 Å². The molecule has 94 valence electrons. The smallest absolute Gasteiger partial charge is 0.179 e. The minimum Gasteiger partial charge on any atom is -0.328 e. The van der Waals surface area contributed by atoms with Gasteiger partial charge in [-0.25, -0.2) is 4.68 Å². The van der Waals surface area contributed by atoms with Crippen LogP contribution >= 0.6 is 12.2 Å². The molecule has 17 heavy (non-hydrogen) atoms. The van der Waals surface area contributed by atoms with E-state index in [1.54, 1.807) is 0 Å². The van der Waals surface area contributed by atoms with Crippen LogP contribution in [0.4, 0.5) is 0 Å². The molecule has 2 aromatic rings. The predicted octanol–water partition coefficient (Wildman–Crippen LogP) is 3.58. The highest BCUT2D eigenvalue weighted by molar-refractivity contribution is 7.71. The maximum Gasteiger partial charge on any atom is 0.179 e. The van der Waals surface area contributed by atoms with E-state index in [2.05, 4.69) is 35.4 Å². The van der Waals surface area contributed by atoms with E-state index in [0.29, 0.717) is 6.04 Å². The zero-order chi connectivity index (χ0) is 12.6. The minimum atomic E-state index is 0.456. The summed E-state index contributed by atoms with van der Waals surface area (Å²) in [5, 5.41) is 4.54. The Morgan fingerprint density at radius 1 is 1.29 bits per heavy atom. The van der Waals surface area contributed by atoms with Gasteiger partial charge >= 0.3 is 0 Å². The van der Waals surface area contributed by atoms with Gasteiger partial charge in [-0.3, -0.25) is 4.57 Å². The van der Waals surface area contributed by atoms with E-state index in [1.807, 2.05) is 11.6 Å². The summed E-state index contributed by atoms with van der Waals surface area (Å²) < 4.78 is 5.08. The molecule has 0 saturated carbocycles. The van der Waals surface area contributed by atoms with Crippen molar-refractivity contribution in [3.63, 3.8) is 0 Å². The van der Waals surface area contributed by atoms with Crippen molar-refractivity contribution in [3.05, 3.63) is 10.5 Å². The topological polar surface area (TPSA) is 38.5 Å². The average molecular weight is 252 g/mol. The van der Waals surface area contributed by atoms with Crippen LogP contribution in [-0.2, 0) is 6.54 Å². The Labute approximate surface area is 107 Å². The van der Waals surface area contributed by atoms with Gasteiger partial charge in [0.1, 0.15) is 5.52 Å². The lowest BCUT2D eigenvalue weighted by Crippen LogP contribution is -2.11. The number of aryl methyl sites for hydroxylation is 2. The number of nitrogens with one attached hydrogen (secondary N) is 1. The lowest BCUT2D eigenvalue weighted by Gasteiger charge is -2.15. The van der Waals surface area contributed by atoms with Gasteiger partial charge in [-0.2, -0.15) is 5.10 Å². The molecule has 0 fully saturated rings. The Hall–Kier alpha value is -1.10. The second-order valence-electron chi connectivity index (χ2n) is 4.37. The summed E-state index contributed by atoms with van der Waals surface area (Å²) in [5.41, 5.74) is 3.25. The molecule has 0 saturated heterocycles. The molecule has 0 aliphatic carbocycles. The third-order valence-electron chi connectivity index (χ3n) is 3.39. The Morgan fingerprint density at radius 2 is 1.94 bits per heavy atom. The van der Waals surface area contributed by atoms with Gasteiger partial charge in [-0.15, -0.1) is 0 Å². The molecule has 0 amide bonds. The van der Waals surface area contributed by atoms with Gasteiger partial charge in [0.15, 0.2) is 10.4 Å². The van der Waals surface area contributed by atoms with Gasteiger partial charge in [0.2, 0.25) is 0 Å². The van der Waals surface area contributed by atoms with Crippen LogP contribution in [0.15, 0.2) is 0 Å². The summed E-state index contributed by atoms with van der Waals surface area (Å²) in [5.74, 6) is 0. The molecule has 2 aromatic heterocycles. The highest BCUT2D eigenvalue weighted by atomic mass is 32.1. The number of fused-ring (bicyclic) bond motifs is 1. The summed E-state index contributed by atoms with van der Waals surface area (Å²) in [6.45, 7) is 9.41. The van der Waals surface area contributed by atoms with Crippen molar-refractivity contribution in [3.8, 4) is 0 Å². The van der Waals surface area contributed by atoms with Crippen LogP contribution in [0.1, 0.15) is 45.3 Å². The molecular formula is C12H20N4S. The maximum atomic E-state index is 5.45. The lowest BCUT2D eigenvalue weighted by atomic mass is 10.2. The largest absolute Gasteiger partial charge is 0.328 e.